The highest BCUT2D eigenvalue weighted by molar-refractivity contribution is 5.43. The van der Waals surface area contributed by atoms with E-state index in [4.69, 9.17) is 14.6 Å². The van der Waals surface area contributed by atoms with E-state index in [1.54, 1.807) is 12.1 Å². The lowest BCUT2D eigenvalue weighted by molar-refractivity contribution is -0.156. The summed E-state index contributed by atoms with van der Waals surface area (Å²) < 4.78 is 10.5. The van der Waals surface area contributed by atoms with Crippen LogP contribution in [0.4, 0.5) is 0 Å². The monoisotopic (exact) mass is 224 g/mol. The third-order valence-corrected chi connectivity index (χ3v) is 3.06. The normalized spacial score (nSPS) is 28.6. The first-order valence-electron chi connectivity index (χ1n) is 5.30. The molecule has 16 heavy (non-hydrogen) atoms. The maximum absolute atomic E-state index is 9.49. The van der Waals surface area contributed by atoms with Crippen LogP contribution in [0.3, 0.4) is 0 Å². The van der Waals surface area contributed by atoms with Crippen LogP contribution in [0.5, 0.6) is 11.5 Å². The van der Waals surface area contributed by atoms with Gasteiger partial charge >= 0.3 is 0 Å². The molecule has 1 aromatic rings. The van der Waals surface area contributed by atoms with Gasteiger partial charge in [0, 0.05) is 5.92 Å². The summed E-state index contributed by atoms with van der Waals surface area (Å²) in [6.45, 7) is 1.98. The predicted molar refractivity (Wildman–Crippen MR) is 58.8 cm³/mol. The van der Waals surface area contributed by atoms with Crippen LogP contribution in [-0.2, 0) is 4.74 Å². The summed E-state index contributed by atoms with van der Waals surface area (Å²) in [5.74, 6) is 0.743. The maximum atomic E-state index is 9.49. The second kappa shape index (κ2) is 4.31. The highest BCUT2D eigenvalue weighted by Crippen LogP contribution is 2.40. The molecule has 0 amide bonds. The Balaban J connectivity index is 2.26. The van der Waals surface area contributed by atoms with E-state index in [-0.39, 0.29) is 30.5 Å². The van der Waals surface area contributed by atoms with Crippen molar-refractivity contribution in [3.05, 3.63) is 23.8 Å². The summed E-state index contributed by atoms with van der Waals surface area (Å²) in [5, 5.41) is 18.6. The van der Waals surface area contributed by atoms with Gasteiger partial charge in [-0.25, -0.2) is 0 Å². The molecule has 1 aromatic carbocycles. The zero-order chi connectivity index (χ0) is 11.7. The van der Waals surface area contributed by atoms with Gasteiger partial charge in [0.2, 0.25) is 0 Å². The van der Waals surface area contributed by atoms with E-state index in [1.165, 1.54) is 7.11 Å². The molecular formula is C12H16O4. The molecule has 1 aliphatic heterocycles. The minimum absolute atomic E-state index is 0.0121. The van der Waals surface area contributed by atoms with Crippen molar-refractivity contribution in [3.63, 3.8) is 0 Å². The van der Waals surface area contributed by atoms with E-state index < -0.39 is 0 Å². The number of aliphatic hydroxyl groups is 1. The Hall–Kier alpha value is -1.26. The summed E-state index contributed by atoms with van der Waals surface area (Å²) in [6.07, 6.45) is -0.0596. The molecule has 1 heterocycles. The molecule has 0 aliphatic carbocycles. The van der Waals surface area contributed by atoms with Crippen molar-refractivity contribution in [2.24, 2.45) is 0 Å². The standard InChI is InChI=1S/C12H16O4/c1-7-12(11(6-13)16-7)8-3-4-9(14)10(5-8)15-2/h3-5,7,11-14H,6H2,1-2H3. The van der Waals surface area contributed by atoms with Crippen LogP contribution < -0.4 is 4.74 Å². The Morgan fingerprint density at radius 1 is 1.44 bits per heavy atom. The predicted octanol–water partition coefficient (Wildman–Crippen LogP) is 1.26. The summed E-state index contributed by atoms with van der Waals surface area (Å²) in [4.78, 5) is 0. The summed E-state index contributed by atoms with van der Waals surface area (Å²) in [7, 11) is 1.52. The average Bonchev–Trinajstić information content (AvgIpc) is 2.28. The average molecular weight is 224 g/mol. The van der Waals surface area contributed by atoms with Crippen molar-refractivity contribution in [3.8, 4) is 11.5 Å². The molecule has 3 unspecified atom stereocenters. The number of aromatic hydroxyl groups is 1. The Bertz CT molecular complexity index is 377. The number of ether oxygens (including phenoxy) is 2. The number of hydrogen-bond acceptors (Lipinski definition) is 4. The van der Waals surface area contributed by atoms with Crippen LogP contribution in [0.2, 0.25) is 0 Å². The molecule has 0 aromatic heterocycles. The lowest BCUT2D eigenvalue weighted by Gasteiger charge is -2.42. The molecular weight excluding hydrogens is 208 g/mol. The first kappa shape index (κ1) is 11.2. The molecule has 88 valence electrons. The number of rotatable bonds is 3. The molecule has 4 heteroatoms. The van der Waals surface area contributed by atoms with Crippen LogP contribution in [0.1, 0.15) is 18.4 Å². The Kier molecular flexibility index (Phi) is 3.03. The van der Waals surface area contributed by atoms with Crippen molar-refractivity contribution in [2.45, 2.75) is 25.0 Å². The summed E-state index contributed by atoms with van der Waals surface area (Å²) in [6, 6.07) is 5.24. The van der Waals surface area contributed by atoms with Gasteiger partial charge < -0.3 is 19.7 Å². The molecule has 2 rings (SSSR count). The van der Waals surface area contributed by atoms with Gasteiger partial charge in [0.05, 0.1) is 25.9 Å². The van der Waals surface area contributed by atoms with Gasteiger partial charge in [-0.05, 0) is 24.6 Å². The van der Waals surface area contributed by atoms with E-state index in [0.29, 0.717) is 5.75 Å². The van der Waals surface area contributed by atoms with E-state index in [2.05, 4.69) is 0 Å². The van der Waals surface area contributed by atoms with E-state index in [0.717, 1.165) is 5.56 Å². The number of benzene rings is 1. The molecule has 1 fully saturated rings. The molecule has 3 atom stereocenters. The smallest absolute Gasteiger partial charge is 0.160 e. The second-order valence-corrected chi connectivity index (χ2v) is 4.02. The number of aliphatic hydroxyl groups excluding tert-OH is 1. The van der Waals surface area contributed by atoms with E-state index in [1.807, 2.05) is 13.0 Å². The van der Waals surface area contributed by atoms with Gasteiger partial charge in [0.15, 0.2) is 11.5 Å². The molecule has 0 bridgehead atoms. The van der Waals surface area contributed by atoms with Crippen molar-refractivity contribution in [1.29, 1.82) is 0 Å². The zero-order valence-electron chi connectivity index (χ0n) is 9.38. The fourth-order valence-electron chi connectivity index (χ4n) is 2.20. The van der Waals surface area contributed by atoms with Crippen molar-refractivity contribution >= 4 is 0 Å². The minimum atomic E-state index is -0.149. The van der Waals surface area contributed by atoms with Crippen LogP contribution in [0.25, 0.3) is 0 Å². The first-order valence-corrected chi connectivity index (χ1v) is 5.30. The van der Waals surface area contributed by atoms with Gasteiger partial charge in [-0.2, -0.15) is 0 Å². The second-order valence-electron chi connectivity index (χ2n) is 4.02. The van der Waals surface area contributed by atoms with Crippen LogP contribution in [-0.4, -0.2) is 36.1 Å². The molecule has 4 nitrogen and oxygen atoms in total. The van der Waals surface area contributed by atoms with Crippen LogP contribution >= 0.6 is 0 Å². The van der Waals surface area contributed by atoms with Crippen molar-refractivity contribution < 1.29 is 19.7 Å². The van der Waals surface area contributed by atoms with E-state index in [9.17, 15) is 5.11 Å². The fraction of sp³-hybridized carbons (Fsp3) is 0.500. The summed E-state index contributed by atoms with van der Waals surface area (Å²) in [5.41, 5.74) is 1.02. The highest BCUT2D eigenvalue weighted by Gasteiger charge is 2.40. The summed E-state index contributed by atoms with van der Waals surface area (Å²) >= 11 is 0. The fourth-order valence-corrected chi connectivity index (χ4v) is 2.20. The lowest BCUT2D eigenvalue weighted by Crippen LogP contribution is -2.47. The molecule has 0 radical (unpaired) electrons. The van der Waals surface area contributed by atoms with Crippen LogP contribution in [0.15, 0.2) is 18.2 Å². The number of methoxy groups -OCH3 is 1. The Morgan fingerprint density at radius 2 is 2.19 bits per heavy atom. The highest BCUT2D eigenvalue weighted by atomic mass is 16.5. The molecule has 0 saturated carbocycles. The lowest BCUT2D eigenvalue weighted by atomic mass is 9.84. The minimum Gasteiger partial charge on any atom is -0.504 e. The zero-order valence-corrected chi connectivity index (χ0v) is 9.38. The Labute approximate surface area is 94.4 Å². The van der Waals surface area contributed by atoms with Gasteiger partial charge in [-0.15, -0.1) is 0 Å². The van der Waals surface area contributed by atoms with Crippen molar-refractivity contribution in [1.82, 2.24) is 0 Å². The van der Waals surface area contributed by atoms with Crippen LogP contribution in [0, 0.1) is 0 Å². The van der Waals surface area contributed by atoms with Gasteiger partial charge in [-0.3, -0.25) is 0 Å². The van der Waals surface area contributed by atoms with Gasteiger partial charge in [-0.1, -0.05) is 6.07 Å². The maximum Gasteiger partial charge on any atom is 0.160 e. The quantitative estimate of drug-likeness (QED) is 0.811. The number of phenolic OH excluding ortho intramolecular Hbond substituents is 1. The Morgan fingerprint density at radius 3 is 2.75 bits per heavy atom. The molecule has 1 aliphatic rings. The third kappa shape index (κ3) is 1.74. The SMILES string of the molecule is COc1cc(C2C(C)OC2CO)ccc1O. The first-order chi connectivity index (χ1) is 7.67. The van der Waals surface area contributed by atoms with Crippen molar-refractivity contribution in [2.75, 3.05) is 13.7 Å². The third-order valence-electron chi connectivity index (χ3n) is 3.06. The molecule has 2 N–H and O–H groups in total. The van der Waals surface area contributed by atoms with Gasteiger partial charge in [0.1, 0.15) is 0 Å². The molecule has 0 spiro atoms. The largest absolute Gasteiger partial charge is 0.504 e. The van der Waals surface area contributed by atoms with E-state index >= 15 is 0 Å². The number of hydrogen-bond donors (Lipinski definition) is 2. The number of phenols is 1. The van der Waals surface area contributed by atoms with Gasteiger partial charge in [0.25, 0.3) is 0 Å². The molecule has 1 saturated heterocycles. The topological polar surface area (TPSA) is 58.9 Å².